The van der Waals surface area contributed by atoms with Crippen LogP contribution in [0.3, 0.4) is 0 Å². The number of benzene rings is 2. The molecule has 0 spiro atoms. The van der Waals surface area contributed by atoms with E-state index in [-0.39, 0.29) is 34.8 Å². The first-order valence-corrected chi connectivity index (χ1v) is 15.2. The summed E-state index contributed by atoms with van der Waals surface area (Å²) in [5.74, 6) is 0. The molecule has 7 nitrogen and oxygen atoms in total. The zero-order valence-corrected chi connectivity index (χ0v) is 20.9. The fourth-order valence-corrected chi connectivity index (χ4v) is 7.39. The van der Waals surface area contributed by atoms with Gasteiger partial charge in [-0.25, -0.2) is 25.3 Å². The second-order valence-electron chi connectivity index (χ2n) is 8.54. The van der Waals surface area contributed by atoms with Gasteiger partial charge in [0.1, 0.15) is 0 Å². The maximum absolute atomic E-state index is 13.4. The minimum atomic E-state index is -4.73. The summed E-state index contributed by atoms with van der Waals surface area (Å²) in [5, 5.41) is 0. The number of ether oxygens (including phenoxy) is 1. The fourth-order valence-electron chi connectivity index (χ4n) is 3.87. The van der Waals surface area contributed by atoms with Crippen LogP contribution in [0.1, 0.15) is 37.0 Å². The lowest BCUT2D eigenvalue weighted by Gasteiger charge is -2.38. The molecule has 188 valence electrons. The van der Waals surface area contributed by atoms with Gasteiger partial charge in [-0.3, -0.25) is 0 Å². The predicted octanol–water partition coefficient (Wildman–Crippen LogP) is 3.60. The van der Waals surface area contributed by atoms with E-state index >= 15 is 0 Å². The molecule has 13 heteroatoms. The molecular weight excluding hydrogens is 517 g/mol. The van der Waals surface area contributed by atoms with Gasteiger partial charge in [-0.15, -0.1) is 0 Å². The van der Waals surface area contributed by atoms with Gasteiger partial charge in [-0.1, -0.05) is 12.1 Å². The van der Waals surface area contributed by atoms with Crippen LogP contribution < -0.4 is 0 Å². The van der Waals surface area contributed by atoms with Gasteiger partial charge in [0.25, 0.3) is 0 Å². The van der Waals surface area contributed by atoms with E-state index in [1.165, 1.54) is 19.1 Å². The number of sulfone groups is 3. The number of halogens is 3. The summed E-state index contributed by atoms with van der Waals surface area (Å²) in [6, 6.07) is 6.92. The minimum Gasteiger partial charge on any atom is -0.373 e. The molecule has 1 saturated heterocycles. The highest BCUT2D eigenvalue weighted by atomic mass is 32.2. The first-order valence-electron chi connectivity index (χ1n) is 9.94. The Morgan fingerprint density at radius 3 is 2.12 bits per heavy atom. The van der Waals surface area contributed by atoms with Gasteiger partial charge in [0.15, 0.2) is 29.5 Å². The van der Waals surface area contributed by atoms with Crippen molar-refractivity contribution in [2.24, 2.45) is 0 Å². The van der Waals surface area contributed by atoms with Crippen molar-refractivity contribution in [1.29, 1.82) is 0 Å². The van der Waals surface area contributed by atoms with Crippen LogP contribution in [-0.4, -0.2) is 49.1 Å². The molecule has 1 aliphatic heterocycles. The molecular formula is C21H23F3O7S3. The normalized spacial score (nSPS) is 22.5. The molecule has 1 fully saturated rings. The summed E-state index contributed by atoms with van der Waals surface area (Å²) < 4.78 is 119. The molecule has 0 saturated carbocycles. The Kier molecular flexibility index (Phi) is 6.75. The summed E-state index contributed by atoms with van der Waals surface area (Å²) >= 11 is 0. The van der Waals surface area contributed by atoms with Gasteiger partial charge < -0.3 is 4.74 Å². The summed E-state index contributed by atoms with van der Waals surface area (Å²) in [7, 11) is -11.9. The smallest absolute Gasteiger partial charge is 0.373 e. The molecule has 3 rings (SSSR count). The molecule has 34 heavy (non-hydrogen) atoms. The zero-order valence-electron chi connectivity index (χ0n) is 18.5. The lowest BCUT2D eigenvalue weighted by Crippen LogP contribution is -2.42. The van der Waals surface area contributed by atoms with Crippen LogP contribution in [0, 0.1) is 0 Å². The third kappa shape index (κ3) is 5.16. The van der Waals surface area contributed by atoms with E-state index in [9.17, 15) is 38.4 Å². The Labute approximate surface area is 196 Å². The average molecular weight is 541 g/mol. The van der Waals surface area contributed by atoms with Gasteiger partial charge in [0.05, 0.1) is 31.1 Å². The largest absolute Gasteiger partial charge is 0.416 e. The third-order valence-corrected chi connectivity index (χ3v) is 10.7. The summed E-state index contributed by atoms with van der Waals surface area (Å²) in [6.07, 6.45) is -4.23. The first kappa shape index (κ1) is 26.6. The highest BCUT2D eigenvalue weighted by Crippen LogP contribution is 2.44. The highest BCUT2D eigenvalue weighted by Gasteiger charge is 2.46. The predicted molar refractivity (Wildman–Crippen MR) is 118 cm³/mol. The standard InChI is InChI=1S/C21H23F3O7S3/c1-20(34(29,30)16-6-4-5-14(11-16)21(22,23)24)9-10-31-18(13-20)17-8-7-15(32(2,25)26)12-19(17)33(3,27)28/h4-8,11-12,18H,9-10,13H2,1-3H3. The molecule has 2 aromatic rings. The molecule has 0 N–H and O–H groups in total. The van der Waals surface area contributed by atoms with E-state index in [1.54, 1.807) is 0 Å². The summed E-state index contributed by atoms with van der Waals surface area (Å²) in [4.78, 5) is -1.05. The van der Waals surface area contributed by atoms with Crippen molar-refractivity contribution in [3.63, 3.8) is 0 Å². The lowest BCUT2D eigenvalue weighted by atomic mass is 9.92. The molecule has 0 aromatic heterocycles. The maximum Gasteiger partial charge on any atom is 0.416 e. The van der Waals surface area contributed by atoms with E-state index in [4.69, 9.17) is 4.74 Å². The first-order chi connectivity index (χ1) is 15.4. The summed E-state index contributed by atoms with van der Waals surface area (Å²) in [6.45, 7) is 1.28. The monoisotopic (exact) mass is 540 g/mol. The van der Waals surface area contributed by atoms with Crippen molar-refractivity contribution in [2.45, 2.75) is 51.5 Å². The molecule has 0 amide bonds. The molecule has 0 radical (unpaired) electrons. The van der Waals surface area contributed by atoms with Crippen molar-refractivity contribution in [2.75, 3.05) is 19.1 Å². The minimum absolute atomic E-state index is 0.0300. The number of hydrogen-bond acceptors (Lipinski definition) is 7. The number of rotatable bonds is 5. The molecule has 0 aliphatic carbocycles. The molecule has 2 atom stereocenters. The second-order valence-corrected chi connectivity index (χ2v) is 15.0. The maximum atomic E-state index is 13.4. The quantitative estimate of drug-likeness (QED) is 0.570. The molecule has 2 aromatic carbocycles. The van der Waals surface area contributed by atoms with E-state index in [0.717, 1.165) is 36.8 Å². The lowest BCUT2D eigenvalue weighted by molar-refractivity contribution is -0.137. The van der Waals surface area contributed by atoms with Crippen molar-refractivity contribution in [3.05, 3.63) is 53.6 Å². The number of hydrogen-bond donors (Lipinski definition) is 0. The van der Waals surface area contributed by atoms with Crippen LogP contribution >= 0.6 is 0 Å². The van der Waals surface area contributed by atoms with Crippen LogP contribution in [0.4, 0.5) is 13.2 Å². The van der Waals surface area contributed by atoms with Gasteiger partial charge in [-0.05, 0) is 55.7 Å². The van der Waals surface area contributed by atoms with E-state index in [0.29, 0.717) is 6.07 Å². The molecule has 1 aliphatic rings. The zero-order chi connectivity index (χ0) is 25.7. The van der Waals surface area contributed by atoms with Gasteiger partial charge in [0, 0.05) is 19.1 Å². The van der Waals surface area contributed by atoms with Gasteiger partial charge in [-0.2, -0.15) is 13.2 Å². The van der Waals surface area contributed by atoms with Crippen molar-refractivity contribution >= 4 is 29.5 Å². The van der Waals surface area contributed by atoms with E-state index in [2.05, 4.69) is 0 Å². The number of alkyl halides is 3. The van der Waals surface area contributed by atoms with Crippen LogP contribution in [0.5, 0.6) is 0 Å². The van der Waals surface area contributed by atoms with E-state index in [1.807, 2.05) is 0 Å². The van der Waals surface area contributed by atoms with E-state index < -0.39 is 57.0 Å². The average Bonchev–Trinajstić information content (AvgIpc) is 2.71. The van der Waals surface area contributed by atoms with Crippen LogP contribution in [-0.2, 0) is 40.4 Å². The van der Waals surface area contributed by atoms with Gasteiger partial charge >= 0.3 is 6.18 Å². The fraction of sp³-hybridized carbons (Fsp3) is 0.429. The summed E-state index contributed by atoms with van der Waals surface area (Å²) in [5.41, 5.74) is -1.02. The third-order valence-electron chi connectivity index (χ3n) is 5.85. The Morgan fingerprint density at radius 2 is 1.56 bits per heavy atom. The second kappa shape index (κ2) is 8.61. The van der Waals surface area contributed by atoms with Crippen molar-refractivity contribution in [3.8, 4) is 0 Å². The topological polar surface area (TPSA) is 112 Å². The highest BCUT2D eigenvalue weighted by molar-refractivity contribution is 7.93. The molecule has 1 heterocycles. The van der Waals surface area contributed by atoms with Crippen molar-refractivity contribution in [1.82, 2.24) is 0 Å². The van der Waals surface area contributed by atoms with Crippen LogP contribution in [0.15, 0.2) is 57.2 Å². The Hall–Kier alpha value is -1.96. The Morgan fingerprint density at radius 1 is 0.912 bits per heavy atom. The molecule has 0 bridgehead atoms. The molecule has 2 unspecified atom stereocenters. The SMILES string of the molecule is CC1(S(=O)(=O)c2cccc(C(F)(F)F)c2)CCOC(c2ccc(S(C)(=O)=O)cc2S(C)(=O)=O)C1. The van der Waals surface area contributed by atoms with Crippen molar-refractivity contribution < 1.29 is 43.2 Å². The Bertz CT molecular complexity index is 1430. The van der Waals surface area contributed by atoms with Crippen LogP contribution in [0.25, 0.3) is 0 Å². The Balaban J connectivity index is 2.07. The van der Waals surface area contributed by atoms with Crippen LogP contribution in [0.2, 0.25) is 0 Å². The van der Waals surface area contributed by atoms with Gasteiger partial charge in [0.2, 0.25) is 0 Å².